The molecule has 3 aromatic rings. The van der Waals surface area contributed by atoms with Crippen LogP contribution in [0.15, 0.2) is 91.0 Å². The maximum absolute atomic E-state index is 13.6. The lowest BCUT2D eigenvalue weighted by atomic mass is 9.90. The number of carbonyl (C=O) groups excluding carboxylic acids is 2. The van der Waals surface area contributed by atoms with Gasteiger partial charge in [0.05, 0.1) is 6.04 Å². The number of nitrogens with zero attached hydrogens (tertiary/aromatic N) is 1. The summed E-state index contributed by atoms with van der Waals surface area (Å²) in [5, 5.41) is 6.55. The van der Waals surface area contributed by atoms with E-state index in [2.05, 4.69) is 34.9 Å². The van der Waals surface area contributed by atoms with Gasteiger partial charge in [-0.05, 0) is 49.1 Å². The minimum Gasteiger partial charge on any atom is -0.352 e. The van der Waals surface area contributed by atoms with Crippen molar-refractivity contribution in [2.24, 2.45) is 5.73 Å². The van der Waals surface area contributed by atoms with Crippen molar-refractivity contribution in [3.8, 4) is 0 Å². The topological polar surface area (TPSA) is 87.5 Å². The Kier molecular flexibility index (Phi) is 9.25. The summed E-state index contributed by atoms with van der Waals surface area (Å²) >= 11 is 0. The van der Waals surface area contributed by atoms with E-state index in [9.17, 15) is 9.59 Å². The summed E-state index contributed by atoms with van der Waals surface area (Å²) in [5.74, 6) is 0.124. The normalized spacial score (nSPS) is 18.2. The molecule has 4 N–H and O–H groups in total. The summed E-state index contributed by atoms with van der Waals surface area (Å²) in [7, 11) is 0. The molecule has 0 saturated carbocycles. The van der Waals surface area contributed by atoms with Gasteiger partial charge in [0.1, 0.15) is 0 Å². The first-order valence-electron chi connectivity index (χ1n) is 12.8. The van der Waals surface area contributed by atoms with E-state index in [1.54, 1.807) is 0 Å². The van der Waals surface area contributed by atoms with Crippen molar-refractivity contribution >= 4 is 11.8 Å². The van der Waals surface area contributed by atoms with Crippen molar-refractivity contribution in [3.63, 3.8) is 0 Å². The molecule has 0 aromatic heterocycles. The Morgan fingerprint density at radius 3 is 2.08 bits per heavy atom. The average molecular weight is 485 g/mol. The number of nitrogens with one attached hydrogen (secondary N) is 2. The van der Waals surface area contributed by atoms with E-state index in [-0.39, 0.29) is 29.8 Å². The number of benzene rings is 3. The lowest BCUT2D eigenvalue weighted by molar-refractivity contribution is -0.133. The molecule has 188 valence electrons. The fraction of sp³-hybridized carbons (Fsp3) is 0.333. The fourth-order valence-electron chi connectivity index (χ4n) is 4.91. The van der Waals surface area contributed by atoms with E-state index < -0.39 is 0 Å². The highest BCUT2D eigenvalue weighted by molar-refractivity contribution is 5.94. The largest absolute Gasteiger partial charge is 0.352 e. The average Bonchev–Trinajstić information content (AvgIpc) is 3.07. The molecule has 0 bridgehead atoms. The fourth-order valence-corrected chi connectivity index (χ4v) is 4.91. The van der Waals surface area contributed by atoms with Crippen LogP contribution < -0.4 is 16.4 Å². The molecule has 0 radical (unpaired) electrons. The summed E-state index contributed by atoms with van der Waals surface area (Å²) in [6.07, 6.45) is 2.16. The Labute approximate surface area is 213 Å². The van der Waals surface area contributed by atoms with Crippen LogP contribution in [0.5, 0.6) is 0 Å². The molecule has 0 aliphatic carbocycles. The summed E-state index contributed by atoms with van der Waals surface area (Å²) in [6.45, 7) is 2.27. The Hall–Kier alpha value is -3.48. The van der Waals surface area contributed by atoms with Gasteiger partial charge < -0.3 is 21.3 Å². The van der Waals surface area contributed by atoms with Gasteiger partial charge in [-0.15, -0.1) is 0 Å². The number of nitrogens with two attached hydrogens (primary N) is 1. The zero-order valence-corrected chi connectivity index (χ0v) is 20.7. The molecular formula is C30H36N4O2. The summed E-state index contributed by atoms with van der Waals surface area (Å²) in [4.78, 5) is 28.0. The van der Waals surface area contributed by atoms with E-state index in [4.69, 9.17) is 5.73 Å². The Bertz CT molecular complexity index is 1050. The monoisotopic (exact) mass is 484 g/mol. The summed E-state index contributed by atoms with van der Waals surface area (Å²) in [5.41, 5.74) is 8.93. The van der Waals surface area contributed by atoms with Gasteiger partial charge in [-0.25, -0.2) is 0 Å². The van der Waals surface area contributed by atoms with Crippen LogP contribution in [-0.4, -0.2) is 55.0 Å². The molecule has 1 aliphatic heterocycles. The number of amides is 2. The van der Waals surface area contributed by atoms with Gasteiger partial charge in [0, 0.05) is 37.2 Å². The Morgan fingerprint density at radius 1 is 0.917 bits per heavy atom. The first-order valence-corrected chi connectivity index (χ1v) is 12.8. The lowest BCUT2D eigenvalue weighted by Gasteiger charge is -2.29. The first kappa shape index (κ1) is 25.6. The van der Waals surface area contributed by atoms with E-state index in [1.807, 2.05) is 71.6 Å². The summed E-state index contributed by atoms with van der Waals surface area (Å²) < 4.78 is 0. The Balaban J connectivity index is 1.43. The molecule has 6 heteroatoms. The van der Waals surface area contributed by atoms with Crippen LogP contribution in [0, 0.1) is 0 Å². The first-order chi connectivity index (χ1) is 17.7. The third-order valence-corrected chi connectivity index (χ3v) is 6.87. The predicted octanol–water partition coefficient (Wildman–Crippen LogP) is 3.55. The molecule has 1 fully saturated rings. The predicted molar refractivity (Wildman–Crippen MR) is 144 cm³/mol. The highest BCUT2D eigenvalue weighted by atomic mass is 16.2. The molecule has 2 amide bonds. The second-order valence-corrected chi connectivity index (χ2v) is 9.35. The second-order valence-electron chi connectivity index (χ2n) is 9.35. The number of carbonyl (C=O) groups is 2. The molecule has 1 aliphatic rings. The van der Waals surface area contributed by atoms with Crippen LogP contribution >= 0.6 is 0 Å². The number of rotatable bonds is 10. The quantitative estimate of drug-likeness (QED) is 0.411. The Morgan fingerprint density at radius 2 is 1.50 bits per heavy atom. The highest BCUT2D eigenvalue weighted by Gasteiger charge is 2.32. The van der Waals surface area contributed by atoms with Gasteiger partial charge in [0.25, 0.3) is 5.91 Å². The number of hydrogen-bond acceptors (Lipinski definition) is 4. The van der Waals surface area contributed by atoms with Crippen molar-refractivity contribution in [3.05, 3.63) is 108 Å². The molecule has 2 atom stereocenters. The maximum Gasteiger partial charge on any atom is 0.251 e. The van der Waals surface area contributed by atoms with Crippen LogP contribution in [0.3, 0.4) is 0 Å². The van der Waals surface area contributed by atoms with Crippen molar-refractivity contribution in [1.29, 1.82) is 0 Å². The van der Waals surface area contributed by atoms with E-state index in [0.29, 0.717) is 38.2 Å². The lowest BCUT2D eigenvalue weighted by Crippen LogP contribution is -2.48. The number of hydrogen-bond donors (Lipinski definition) is 3. The molecule has 0 spiro atoms. The molecule has 2 unspecified atom stereocenters. The van der Waals surface area contributed by atoms with Crippen molar-refractivity contribution in [2.75, 3.05) is 26.2 Å². The van der Waals surface area contributed by atoms with Gasteiger partial charge in [0.15, 0.2) is 0 Å². The van der Waals surface area contributed by atoms with E-state index >= 15 is 0 Å². The van der Waals surface area contributed by atoms with Gasteiger partial charge in [0.2, 0.25) is 5.91 Å². The molecule has 4 rings (SSSR count). The minimum atomic E-state index is -0.320. The van der Waals surface area contributed by atoms with Gasteiger partial charge in [-0.3, -0.25) is 9.59 Å². The van der Waals surface area contributed by atoms with Gasteiger partial charge in [-0.2, -0.15) is 0 Å². The van der Waals surface area contributed by atoms with Crippen molar-refractivity contribution < 1.29 is 9.59 Å². The van der Waals surface area contributed by atoms with E-state index in [1.165, 1.54) is 11.1 Å². The minimum absolute atomic E-state index is 0.0750. The molecule has 6 nitrogen and oxygen atoms in total. The third kappa shape index (κ3) is 6.80. The standard InChI is InChI=1S/C30H36N4O2/c31-19-16-28-30(36)34(22-27(23-10-4-1-5-11-23)24-12-6-2-7-13-24)21-18-26(33-28)17-20-32-29(35)25-14-8-3-9-15-25/h1-15,26-28,33H,16-22,31H2,(H,32,35). The van der Waals surface area contributed by atoms with Gasteiger partial charge in [-0.1, -0.05) is 78.9 Å². The van der Waals surface area contributed by atoms with Crippen LogP contribution in [0.2, 0.25) is 0 Å². The van der Waals surface area contributed by atoms with Crippen molar-refractivity contribution in [2.45, 2.75) is 37.3 Å². The van der Waals surface area contributed by atoms with Crippen LogP contribution in [-0.2, 0) is 4.79 Å². The molecule has 36 heavy (non-hydrogen) atoms. The third-order valence-electron chi connectivity index (χ3n) is 6.87. The molecule has 3 aromatic carbocycles. The SMILES string of the molecule is NCCC1NC(CCNC(=O)c2ccccc2)CCN(CC(c2ccccc2)c2ccccc2)C1=O. The second kappa shape index (κ2) is 13.0. The zero-order valence-electron chi connectivity index (χ0n) is 20.7. The highest BCUT2D eigenvalue weighted by Crippen LogP contribution is 2.27. The molecule has 1 saturated heterocycles. The molecule has 1 heterocycles. The summed E-state index contributed by atoms with van der Waals surface area (Å²) in [6, 6.07) is 29.8. The van der Waals surface area contributed by atoms with Crippen LogP contribution in [0.4, 0.5) is 0 Å². The van der Waals surface area contributed by atoms with Gasteiger partial charge >= 0.3 is 0 Å². The zero-order chi connectivity index (χ0) is 25.2. The maximum atomic E-state index is 13.6. The van der Waals surface area contributed by atoms with E-state index in [0.717, 1.165) is 12.8 Å². The van der Waals surface area contributed by atoms with Crippen molar-refractivity contribution in [1.82, 2.24) is 15.5 Å². The van der Waals surface area contributed by atoms with Crippen LogP contribution in [0.1, 0.15) is 46.7 Å². The van der Waals surface area contributed by atoms with Crippen LogP contribution in [0.25, 0.3) is 0 Å². The molecular weight excluding hydrogens is 448 g/mol. The smallest absolute Gasteiger partial charge is 0.251 e.